The van der Waals surface area contributed by atoms with E-state index in [2.05, 4.69) is 4.90 Å². The van der Waals surface area contributed by atoms with E-state index >= 15 is 0 Å². The van der Waals surface area contributed by atoms with Crippen LogP contribution in [0.5, 0.6) is 5.75 Å². The molecule has 2 heterocycles. The van der Waals surface area contributed by atoms with Gasteiger partial charge in [-0.05, 0) is 25.5 Å². The van der Waals surface area contributed by atoms with Crippen LogP contribution < -0.4 is 10.5 Å². The third-order valence-corrected chi connectivity index (χ3v) is 4.38. The molecule has 0 radical (unpaired) electrons. The zero-order valence-electron chi connectivity index (χ0n) is 11.7. The number of hydrogen-bond donors (Lipinski definition) is 1. The minimum Gasteiger partial charge on any atom is -0.497 e. The molecule has 0 aliphatic carbocycles. The van der Waals surface area contributed by atoms with Crippen molar-refractivity contribution in [1.82, 2.24) is 4.90 Å². The molecule has 3 unspecified atom stereocenters. The number of methoxy groups -OCH3 is 1. The molecule has 0 spiro atoms. The number of halogens is 1. The molecule has 2 aliphatic rings. The summed E-state index contributed by atoms with van der Waals surface area (Å²) in [7, 11) is 1.52. The first-order valence-corrected chi connectivity index (χ1v) is 7.13. The van der Waals surface area contributed by atoms with Gasteiger partial charge in [-0.1, -0.05) is 6.07 Å². The predicted octanol–water partition coefficient (Wildman–Crippen LogP) is 1.70. The van der Waals surface area contributed by atoms with Crippen molar-refractivity contribution in [3.63, 3.8) is 0 Å². The van der Waals surface area contributed by atoms with E-state index < -0.39 is 6.04 Å². The van der Waals surface area contributed by atoms with Gasteiger partial charge in [0, 0.05) is 24.2 Å². The Morgan fingerprint density at radius 2 is 2.35 bits per heavy atom. The molecule has 110 valence electrons. The van der Waals surface area contributed by atoms with E-state index in [-0.39, 0.29) is 11.9 Å². The van der Waals surface area contributed by atoms with Crippen molar-refractivity contribution in [2.75, 3.05) is 26.8 Å². The van der Waals surface area contributed by atoms with Gasteiger partial charge in [-0.2, -0.15) is 0 Å². The van der Waals surface area contributed by atoms with E-state index in [0.717, 1.165) is 13.1 Å². The molecule has 2 N–H and O–H groups in total. The highest BCUT2D eigenvalue weighted by atomic mass is 19.1. The van der Waals surface area contributed by atoms with Crippen LogP contribution >= 0.6 is 0 Å². The van der Waals surface area contributed by atoms with Crippen LogP contribution in [0.2, 0.25) is 0 Å². The number of nitrogens with two attached hydrogens (primary N) is 1. The Morgan fingerprint density at radius 3 is 3.10 bits per heavy atom. The molecule has 4 nitrogen and oxygen atoms in total. The SMILES string of the molecule is COc1ccc(C(N)C2CN3CCCC3CO2)c(F)c1. The Labute approximate surface area is 118 Å². The number of morpholine rings is 1. The largest absolute Gasteiger partial charge is 0.497 e. The number of ether oxygens (including phenoxy) is 2. The van der Waals surface area contributed by atoms with Crippen molar-refractivity contribution >= 4 is 0 Å². The molecule has 0 saturated carbocycles. The summed E-state index contributed by atoms with van der Waals surface area (Å²) in [6.45, 7) is 2.59. The maximum Gasteiger partial charge on any atom is 0.131 e. The lowest BCUT2D eigenvalue weighted by molar-refractivity contribution is -0.0601. The fourth-order valence-electron chi connectivity index (χ4n) is 3.17. The summed E-state index contributed by atoms with van der Waals surface area (Å²) in [6, 6.07) is 4.89. The topological polar surface area (TPSA) is 47.7 Å². The Bertz CT molecular complexity index is 483. The minimum absolute atomic E-state index is 0.146. The van der Waals surface area contributed by atoms with Crippen LogP contribution in [-0.4, -0.2) is 43.9 Å². The summed E-state index contributed by atoms with van der Waals surface area (Å²) < 4.78 is 24.9. The number of nitrogens with zero attached hydrogens (tertiary/aromatic N) is 1. The van der Waals surface area contributed by atoms with E-state index in [1.54, 1.807) is 12.1 Å². The fourth-order valence-corrected chi connectivity index (χ4v) is 3.17. The molecule has 3 rings (SSSR count). The molecule has 0 bridgehead atoms. The molecule has 3 atom stereocenters. The second-order valence-corrected chi connectivity index (χ2v) is 5.58. The smallest absolute Gasteiger partial charge is 0.131 e. The summed E-state index contributed by atoms with van der Waals surface area (Å²) in [5.74, 6) is 0.173. The van der Waals surface area contributed by atoms with Crippen molar-refractivity contribution in [2.24, 2.45) is 5.73 Å². The number of fused-ring (bicyclic) bond motifs is 1. The van der Waals surface area contributed by atoms with Crippen LogP contribution in [0.1, 0.15) is 24.4 Å². The van der Waals surface area contributed by atoms with Crippen molar-refractivity contribution in [3.05, 3.63) is 29.6 Å². The predicted molar refractivity (Wildman–Crippen MR) is 74.2 cm³/mol. The third kappa shape index (κ3) is 2.53. The van der Waals surface area contributed by atoms with Gasteiger partial charge < -0.3 is 15.2 Å². The lowest BCUT2D eigenvalue weighted by Gasteiger charge is -2.37. The summed E-state index contributed by atoms with van der Waals surface area (Å²) in [5, 5.41) is 0. The zero-order chi connectivity index (χ0) is 14.1. The van der Waals surface area contributed by atoms with Gasteiger partial charge in [0.25, 0.3) is 0 Å². The third-order valence-electron chi connectivity index (χ3n) is 4.38. The highest BCUT2D eigenvalue weighted by Crippen LogP contribution is 2.29. The average Bonchev–Trinajstić information content (AvgIpc) is 2.93. The van der Waals surface area contributed by atoms with Crippen molar-refractivity contribution < 1.29 is 13.9 Å². The second kappa shape index (κ2) is 5.68. The lowest BCUT2D eigenvalue weighted by atomic mass is 9.99. The summed E-state index contributed by atoms with van der Waals surface area (Å²) >= 11 is 0. The quantitative estimate of drug-likeness (QED) is 0.915. The molecule has 20 heavy (non-hydrogen) atoms. The van der Waals surface area contributed by atoms with Crippen molar-refractivity contribution in [1.29, 1.82) is 0 Å². The Kier molecular flexibility index (Phi) is 3.92. The van der Waals surface area contributed by atoms with Crippen molar-refractivity contribution in [3.8, 4) is 5.75 Å². The van der Waals surface area contributed by atoms with Gasteiger partial charge in [0.15, 0.2) is 0 Å². The summed E-state index contributed by atoms with van der Waals surface area (Å²) in [5.41, 5.74) is 6.71. The highest BCUT2D eigenvalue weighted by molar-refractivity contribution is 5.31. The van der Waals surface area contributed by atoms with Gasteiger partial charge in [-0.3, -0.25) is 4.90 Å². The molecular formula is C15H21FN2O2. The van der Waals surface area contributed by atoms with Gasteiger partial charge in [-0.15, -0.1) is 0 Å². The maximum absolute atomic E-state index is 14.1. The fraction of sp³-hybridized carbons (Fsp3) is 0.600. The normalized spacial score (nSPS) is 28.1. The first-order chi connectivity index (χ1) is 9.69. The maximum atomic E-state index is 14.1. The highest BCUT2D eigenvalue weighted by Gasteiger charge is 2.35. The molecule has 0 aromatic heterocycles. The molecule has 5 heteroatoms. The summed E-state index contributed by atoms with van der Waals surface area (Å²) in [4.78, 5) is 2.41. The standard InChI is InChI=1S/C15H21FN2O2/c1-19-11-4-5-12(13(16)7-11)15(17)14-8-18-6-2-3-10(18)9-20-14/h4-5,7,10,14-15H,2-3,6,8-9,17H2,1H3. The average molecular weight is 280 g/mol. The first kappa shape index (κ1) is 13.8. The Hall–Kier alpha value is -1.17. The van der Waals surface area contributed by atoms with E-state index in [1.807, 2.05) is 0 Å². The van der Waals surface area contributed by atoms with Crippen LogP contribution in [0.15, 0.2) is 18.2 Å². The van der Waals surface area contributed by atoms with Crippen LogP contribution in [0.4, 0.5) is 4.39 Å². The van der Waals surface area contributed by atoms with E-state index in [0.29, 0.717) is 24.0 Å². The van der Waals surface area contributed by atoms with Crippen LogP contribution in [-0.2, 0) is 4.74 Å². The second-order valence-electron chi connectivity index (χ2n) is 5.58. The molecule has 2 saturated heterocycles. The van der Waals surface area contributed by atoms with E-state index in [4.69, 9.17) is 15.2 Å². The van der Waals surface area contributed by atoms with Crippen LogP contribution in [0.3, 0.4) is 0 Å². The lowest BCUT2D eigenvalue weighted by Crippen LogP contribution is -2.49. The number of benzene rings is 1. The molecule has 2 fully saturated rings. The molecule has 2 aliphatic heterocycles. The van der Waals surface area contributed by atoms with Crippen molar-refractivity contribution in [2.45, 2.75) is 31.0 Å². The van der Waals surface area contributed by atoms with E-state index in [9.17, 15) is 4.39 Å². The molecule has 1 aromatic rings. The van der Waals surface area contributed by atoms with Gasteiger partial charge in [0.2, 0.25) is 0 Å². The zero-order valence-corrected chi connectivity index (χ0v) is 11.7. The van der Waals surface area contributed by atoms with Gasteiger partial charge in [0.05, 0.1) is 25.9 Å². The van der Waals surface area contributed by atoms with Crippen LogP contribution in [0.25, 0.3) is 0 Å². The molecular weight excluding hydrogens is 259 g/mol. The van der Waals surface area contributed by atoms with E-state index in [1.165, 1.54) is 26.0 Å². The van der Waals surface area contributed by atoms with Gasteiger partial charge >= 0.3 is 0 Å². The summed E-state index contributed by atoms with van der Waals surface area (Å²) in [6.07, 6.45) is 2.26. The first-order valence-electron chi connectivity index (χ1n) is 7.13. The Balaban J connectivity index is 1.73. The minimum atomic E-state index is -0.442. The number of hydrogen-bond acceptors (Lipinski definition) is 4. The van der Waals surface area contributed by atoms with Gasteiger partial charge in [-0.25, -0.2) is 4.39 Å². The Morgan fingerprint density at radius 1 is 1.50 bits per heavy atom. The molecule has 0 amide bonds. The number of rotatable bonds is 3. The van der Waals surface area contributed by atoms with Crippen LogP contribution in [0, 0.1) is 5.82 Å². The molecule has 1 aromatic carbocycles. The monoisotopic (exact) mass is 280 g/mol. The van der Waals surface area contributed by atoms with Gasteiger partial charge in [0.1, 0.15) is 11.6 Å².